The van der Waals surface area contributed by atoms with E-state index in [2.05, 4.69) is 60.7 Å². The molecule has 4 heteroatoms. The van der Waals surface area contributed by atoms with Gasteiger partial charge in [0.1, 0.15) is 0 Å². The Morgan fingerprint density at radius 2 is 1.86 bits per heavy atom. The number of benzene rings is 2. The van der Waals surface area contributed by atoms with Gasteiger partial charge in [-0.05, 0) is 53.3 Å². The summed E-state index contributed by atoms with van der Waals surface area (Å²) in [5, 5.41) is 4.48. The van der Waals surface area contributed by atoms with Gasteiger partial charge in [0.15, 0.2) is 0 Å². The van der Waals surface area contributed by atoms with Crippen LogP contribution in [0.25, 0.3) is 16.6 Å². The molecule has 0 aliphatic heterocycles. The fraction of sp³-hybridized carbons (Fsp3) is 0.208. The number of hydrogen-bond donors (Lipinski definition) is 1. The molecule has 0 spiro atoms. The maximum atomic E-state index is 5.83. The summed E-state index contributed by atoms with van der Waals surface area (Å²) in [6.45, 7) is 4.00. The quantitative estimate of drug-likeness (QED) is 0.486. The first kappa shape index (κ1) is 18.4. The predicted octanol–water partition coefficient (Wildman–Crippen LogP) is 4.53. The molecule has 0 amide bonds. The van der Waals surface area contributed by atoms with E-state index in [0.29, 0.717) is 19.8 Å². The van der Waals surface area contributed by atoms with Crippen molar-refractivity contribution in [3.63, 3.8) is 0 Å². The summed E-state index contributed by atoms with van der Waals surface area (Å²) in [4.78, 5) is 0. The molecule has 0 aliphatic rings. The lowest BCUT2D eigenvalue weighted by molar-refractivity contribution is 0.124. The van der Waals surface area contributed by atoms with Crippen LogP contribution >= 0.6 is 0 Å². The van der Waals surface area contributed by atoms with Crippen molar-refractivity contribution in [2.75, 3.05) is 6.61 Å². The second-order valence-corrected chi connectivity index (χ2v) is 7.06. The Hall–Kier alpha value is -2.95. The molecule has 4 nitrogen and oxygen atoms in total. The maximum absolute atomic E-state index is 5.83. The van der Waals surface area contributed by atoms with Crippen LogP contribution in [0.15, 0.2) is 73.1 Å². The molecule has 28 heavy (non-hydrogen) atoms. The number of rotatable bonds is 7. The zero-order valence-corrected chi connectivity index (χ0v) is 16.1. The molecule has 4 aromatic rings. The molecule has 0 atom stereocenters. The van der Waals surface area contributed by atoms with Crippen LogP contribution in [0.2, 0.25) is 0 Å². The van der Waals surface area contributed by atoms with Gasteiger partial charge in [0.2, 0.25) is 0 Å². The van der Waals surface area contributed by atoms with E-state index in [1.165, 1.54) is 33.4 Å². The Kier molecular flexibility index (Phi) is 5.51. The molecule has 2 heterocycles. The summed E-state index contributed by atoms with van der Waals surface area (Å²) in [5.74, 6) is 0. The number of aryl methyl sites for hydroxylation is 1. The Morgan fingerprint density at radius 1 is 1.00 bits per heavy atom. The van der Waals surface area contributed by atoms with Crippen LogP contribution in [-0.4, -0.2) is 16.2 Å². The van der Waals surface area contributed by atoms with E-state index in [9.17, 15) is 0 Å². The fourth-order valence-corrected chi connectivity index (χ4v) is 3.49. The highest BCUT2D eigenvalue weighted by molar-refractivity contribution is 5.81. The zero-order chi connectivity index (χ0) is 19.3. The molecule has 142 valence electrons. The summed E-state index contributed by atoms with van der Waals surface area (Å²) < 4.78 is 7.79. The molecule has 2 aromatic carbocycles. The number of aromatic nitrogens is 2. The molecule has 4 rings (SSSR count). The fourth-order valence-electron chi connectivity index (χ4n) is 3.49. The van der Waals surface area contributed by atoms with Crippen LogP contribution in [0.5, 0.6) is 0 Å². The van der Waals surface area contributed by atoms with Crippen LogP contribution < -0.4 is 5.73 Å². The van der Waals surface area contributed by atoms with Crippen LogP contribution in [0, 0.1) is 6.92 Å². The minimum Gasteiger partial charge on any atom is -0.376 e. The van der Waals surface area contributed by atoms with E-state index in [1.807, 2.05) is 28.9 Å². The first-order valence-electron chi connectivity index (χ1n) is 9.62. The monoisotopic (exact) mass is 371 g/mol. The van der Waals surface area contributed by atoms with E-state index in [0.717, 1.165) is 11.9 Å². The van der Waals surface area contributed by atoms with Gasteiger partial charge in [0.25, 0.3) is 0 Å². The molecule has 0 unspecified atom stereocenters. The topological polar surface area (TPSA) is 52.5 Å². The number of fused-ring (bicyclic) bond motifs is 1. The largest absolute Gasteiger partial charge is 0.376 e. The van der Waals surface area contributed by atoms with Gasteiger partial charge in [-0.15, -0.1) is 0 Å². The van der Waals surface area contributed by atoms with Gasteiger partial charge in [-0.3, -0.25) is 0 Å². The van der Waals surface area contributed by atoms with Gasteiger partial charge < -0.3 is 10.5 Å². The van der Waals surface area contributed by atoms with Crippen molar-refractivity contribution in [2.45, 2.75) is 26.5 Å². The third kappa shape index (κ3) is 3.98. The molecular formula is C24H25N3O. The minimum atomic E-state index is 0.566. The Labute approximate surface area is 165 Å². The summed E-state index contributed by atoms with van der Waals surface area (Å²) in [5.41, 5.74) is 14.1. The molecule has 0 fully saturated rings. The third-order valence-corrected chi connectivity index (χ3v) is 5.09. The van der Waals surface area contributed by atoms with Crippen LogP contribution in [0.1, 0.15) is 22.3 Å². The average Bonchev–Trinajstić information content (AvgIpc) is 3.15. The normalized spacial score (nSPS) is 11.2. The van der Waals surface area contributed by atoms with E-state index in [4.69, 9.17) is 10.5 Å². The summed E-state index contributed by atoms with van der Waals surface area (Å²) in [6.07, 6.45) is 4.80. The zero-order valence-electron chi connectivity index (χ0n) is 16.1. The lowest BCUT2D eigenvalue weighted by Crippen LogP contribution is -1.99. The number of hydrogen-bond acceptors (Lipinski definition) is 3. The van der Waals surface area contributed by atoms with Crippen molar-refractivity contribution in [3.8, 4) is 11.1 Å². The van der Waals surface area contributed by atoms with Crippen LogP contribution in [0.3, 0.4) is 0 Å². The van der Waals surface area contributed by atoms with Gasteiger partial charge in [0.05, 0.1) is 18.7 Å². The summed E-state index contributed by atoms with van der Waals surface area (Å²) >= 11 is 0. The van der Waals surface area contributed by atoms with Crippen molar-refractivity contribution >= 4 is 5.52 Å². The first-order valence-corrected chi connectivity index (χ1v) is 9.62. The SMILES string of the molecule is Cc1cc(-c2ccnn3cc(CCOCc4ccccc4)cc23)ccc1CN. The Bertz CT molecular complexity index is 1070. The molecule has 0 saturated heterocycles. The van der Waals surface area contributed by atoms with Crippen molar-refractivity contribution in [2.24, 2.45) is 5.73 Å². The van der Waals surface area contributed by atoms with Gasteiger partial charge in [0, 0.05) is 24.5 Å². The second kappa shape index (κ2) is 8.38. The molecule has 2 aromatic heterocycles. The minimum absolute atomic E-state index is 0.566. The van der Waals surface area contributed by atoms with E-state index < -0.39 is 0 Å². The molecule has 0 saturated carbocycles. The molecule has 0 bridgehead atoms. The number of ether oxygens (including phenoxy) is 1. The van der Waals surface area contributed by atoms with Gasteiger partial charge >= 0.3 is 0 Å². The molecule has 0 aliphatic carbocycles. The summed E-state index contributed by atoms with van der Waals surface area (Å²) in [6, 6.07) is 21.0. The number of nitrogens with zero attached hydrogens (tertiary/aromatic N) is 2. The Morgan fingerprint density at radius 3 is 2.64 bits per heavy atom. The highest BCUT2D eigenvalue weighted by Gasteiger charge is 2.09. The van der Waals surface area contributed by atoms with Gasteiger partial charge in [-0.25, -0.2) is 4.52 Å². The molecule has 2 N–H and O–H groups in total. The lowest BCUT2D eigenvalue weighted by Gasteiger charge is -2.08. The van der Waals surface area contributed by atoms with Crippen LogP contribution in [0.4, 0.5) is 0 Å². The van der Waals surface area contributed by atoms with Gasteiger partial charge in [-0.2, -0.15) is 5.10 Å². The third-order valence-electron chi connectivity index (χ3n) is 5.09. The van der Waals surface area contributed by atoms with Crippen LogP contribution in [-0.2, 0) is 24.3 Å². The van der Waals surface area contributed by atoms with Gasteiger partial charge in [-0.1, -0.05) is 48.5 Å². The van der Waals surface area contributed by atoms with E-state index in [-0.39, 0.29) is 0 Å². The van der Waals surface area contributed by atoms with Crippen molar-refractivity contribution in [3.05, 3.63) is 95.3 Å². The van der Waals surface area contributed by atoms with Crippen molar-refractivity contribution in [1.82, 2.24) is 9.61 Å². The van der Waals surface area contributed by atoms with E-state index in [1.54, 1.807) is 0 Å². The maximum Gasteiger partial charge on any atom is 0.0727 e. The van der Waals surface area contributed by atoms with Crippen molar-refractivity contribution < 1.29 is 4.74 Å². The van der Waals surface area contributed by atoms with Crippen molar-refractivity contribution in [1.29, 1.82) is 0 Å². The smallest absolute Gasteiger partial charge is 0.0727 e. The lowest BCUT2D eigenvalue weighted by atomic mass is 10.00. The summed E-state index contributed by atoms with van der Waals surface area (Å²) in [7, 11) is 0. The number of nitrogens with two attached hydrogens (primary N) is 1. The van der Waals surface area contributed by atoms with E-state index >= 15 is 0 Å². The predicted molar refractivity (Wildman–Crippen MR) is 113 cm³/mol. The Balaban J connectivity index is 1.50. The first-order chi connectivity index (χ1) is 13.7. The standard InChI is InChI=1S/C24H25N3O/c1-18-13-21(7-8-22(18)15-25)23-9-11-26-27-16-20(14-24(23)27)10-12-28-17-19-5-3-2-4-6-19/h2-9,11,13-14,16H,10,12,15,17,25H2,1H3. The highest BCUT2D eigenvalue weighted by atomic mass is 16.5. The second-order valence-electron chi connectivity index (χ2n) is 7.06. The molecular weight excluding hydrogens is 346 g/mol. The average molecular weight is 371 g/mol. The molecule has 0 radical (unpaired) electrons. The highest BCUT2D eigenvalue weighted by Crippen LogP contribution is 2.27.